The van der Waals surface area contributed by atoms with Gasteiger partial charge in [0.25, 0.3) is 0 Å². The second-order valence-corrected chi connectivity index (χ2v) is 4.45. The topological polar surface area (TPSA) is 49.8 Å². The maximum absolute atomic E-state index is 12.0. The molecule has 1 N–H and O–H groups in total. The molecule has 0 saturated carbocycles. The number of fused-ring (bicyclic) bond motifs is 1. The van der Waals surface area contributed by atoms with Crippen LogP contribution in [0.1, 0.15) is 24.8 Å². The van der Waals surface area contributed by atoms with Crippen LogP contribution in [0, 0.1) is 0 Å². The van der Waals surface area contributed by atoms with Gasteiger partial charge in [0.15, 0.2) is 0 Å². The Labute approximate surface area is 107 Å². The van der Waals surface area contributed by atoms with Crippen LogP contribution in [0.5, 0.6) is 5.75 Å². The third-order valence-corrected chi connectivity index (χ3v) is 3.10. The average Bonchev–Trinajstić information content (AvgIpc) is 2.61. The number of carbonyl (C=O) groups excluding carboxylic acids is 1. The Hall–Kier alpha value is -1.55. The molecule has 98 valence electrons. The van der Waals surface area contributed by atoms with Gasteiger partial charge in [0.05, 0.1) is 6.54 Å². The molecule has 0 saturated heterocycles. The van der Waals surface area contributed by atoms with Gasteiger partial charge in [-0.25, -0.2) is 0 Å². The number of nitrogens with zero attached hydrogens (tertiary/aromatic N) is 1. The first kappa shape index (κ1) is 12.9. The maximum atomic E-state index is 12.0. The summed E-state index contributed by atoms with van der Waals surface area (Å²) in [5, 5.41) is 8.72. The monoisotopic (exact) mass is 249 g/mol. The van der Waals surface area contributed by atoms with Crippen LogP contribution >= 0.6 is 0 Å². The number of hydrogen-bond acceptors (Lipinski definition) is 3. The number of benzene rings is 1. The van der Waals surface area contributed by atoms with Gasteiger partial charge in [0, 0.05) is 25.1 Å². The molecule has 1 aliphatic rings. The Morgan fingerprint density at radius 3 is 3.00 bits per heavy atom. The maximum Gasteiger partial charge on any atom is 0.222 e. The summed E-state index contributed by atoms with van der Waals surface area (Å²) in [5.41, 5.74) is 1.06. The molecule has 0 atom stereocenters. The molecule has 1 amide bonds. The van der Waals surface area contributed by atoms with Crippen LogP contribution in [0.15, 0.2) is 24.3 Å². The minimum atomic E-state index is 0.142. The molecule has 0 unspecified atom stereocenters. The quantitative estimate of drug-likeness (QED) is 0.824. The van der Waals surface area contributed by atoms with Gasteiger partial charge in [-0.3, -0.25) is 4.79 Å². The minimum Gasteiger partial charge on any atom is -0.491 e. The lowest BCUT2D eigenvalue weighted by atomic mass is 10.1. The second kappa shape index (κ2) is 6.40. The predicted octanol–water partition coefficient (Wildman–Crippen LogP) is 1.57. The number of aliphatic hydroxyl groups excluding tert-OH is 1. The van der Waals surface area contributed by atoms with Crippen molar-refractivity contribution in [1.29, 1.82) is 0 Å². The van der Waals surface area contributed by atoms with E-state index in [1.807, 2.05) is 29.2 Å². The molecule has 0 aromatic heterocycles. The third-order valence-electron chi connectivity index (χ3n) is 3.10. The van der Waals surface area contributed by atoms with E-state index in [0.29, 0.717) is 32.5 Å². The molecule has 0 radical (unpaired) electrons. The highest BCUT2D eigenvalue weighted by Gasteiger charge is 2.18. The van der Waals surface area contributed by atoms with Gasteiger partial charge in [-0.2, -0.15) is 0 Å². The Bertz CT molecular complexity index is 406. The van der Waals surface area contributed by atoms with E-state index in [-0.39, 0.29) is 12.5 Å². The second-order valence-electron chi connectivity index (χ2n) is 4.45. The zero-order valence-electron chi connectivity index (χ0n) is 10.5. The number of ether oxygens (including phenoxy) is 1. The summed E-state index contributed by atoms with van der Waals surface area (Å²) in [6.07, 6.45) is 1.93. The zero-order chi connectivity index (χ0) is 12.8. The number of rotatable bonds is 4. The van der Waals surface area contributed by atoms with E-state index in [9.17, 15) is 4.79 Å². The molecule has 1 aromatic rings. The number of carbonyl (C=O) groups is 1. The Kier molecular flexibility index (Phi) is 4.59. The fraction of sp³-hybridized carbons (Fsp3) is 0.500. The van der Waals surface area contributed by atoms with Crippen molar-refractivity contribution >= 4 is 5.91 Å². The largest absolute Gasteiger partial charge is 0.491 e. The van der Waals surface area contributed by atoms with Gasteiger partial charge >= 0.3 is 0 Å². The average molecular weight is 249 g/mol. The highest BCUT2D eigenvalue weighted by molar-refractivity contribution is 5.76. The molecular formula is C14H19NO3. The highest BCUT2D eigenvalue weighted by atomic mass is 16.5. The summed E-state index contributed by atoms with van der Waals surface area (Å²) in [7, 11) is 0. The number of hydrogen-bond donors (Lipinski definition) is 1. The van der Waals surface area contributed by atoms with Crippen molar-refractivity contribution in [2.75, 3.05) is 19.8 Å². The van der Waals surface area contributed by atoms with Crippen molar-refractivity contribution in [3.63, 3.8) is 0 Å². The van der Waals surface area contributed by atoms with Crippen LogP contribution in [0.4, 0.5) is 0 Å². The molecule has 18 heavy (non-hydrogen) atoms. The molecule has 1 aliphatic heterocycles. The lowest BCUT2D eigenvalue weighted by Gasteiger charge is -2.19. The van der Waals surface area contributed by atoms with Crippen molar-refractivity contribution in [3.8, 4) is 5.75 Å². The lowest BCUT2D eigenvalue weighted by Crippen LogP contribution is -2.32. The van der Waals surface area contributed by atoms with Crippen molar-refractivity contribution in [1.82, 2.24) is 4.90 Å². The van der Waals surface area contributed by atoms with Crippen LogP contribution in [-0.2, 0) is 11.3 Å². The van der Waals surface area contributed by atoms with Gasteiger partial charge in [0.2, 0.25) is 5.91 Å². The van der Waals surface area contributed by atoms with Crippen LogP contribution in [0.2, 0.25) is 0 Å². The first-order valence-corrected chi connectivity index (χ1v) is 6.40. The first-order valence-electron chi connectivity index (χ1n) is 6.40. The van der Waals surface area contributed by atoms with Crippen molar-refractivity contribution in [2.45, 2.75) is 25.8 Å². The minimum absolute atomic E-state index is 0.142. The van der Waals surface area contributed by atoms with E-state index in [1.165, 1.54) is 0 Å². The van der Waals surface area contributed by atoms with Gasteiger partial charge in [0.1, 0.15) is 12.4 Å². The number of aliphatic hydroxyl groups is 1. The smallest absolute Gasteiger partial charge is 0.222 e. The Morgan fingerprint density at radius 1 is 1.33 bits per heavy atom. The number of amides is 1. The van der Waals surface area contributed by atoms with Gasteiger partial charge in [-0.1, -0.05) is 18.2 Å². The van der Waals surface area contributed by atoms with Crippen molar-refractivity contribution < 1.29 is 14.6 Å². The van der Waals surface area contributed by atoms with E-state index in [4.69, 9.17) is 9.84 Å². The molecule has 0 fully saturated rings. The zero-order valence-corrected chi connectivity index (χ0v) is 10.5. The molecule has 1 aromatic carbocycles. The van der Waals surface area contributed by atoms with E-state index in [0.717, 1.165) is 17.7 Å². The van der Waals surface area contributed by atoms with Crippen LogP contribution < -0.4 is 4.74 Å². The SMILES string of the molecule is O=C(CCCCO)N1CCOc2ccccc2C1. The van der Waals surface area contributed by atoms with Crippen LogP contribution in [-0.4, -0.2) is 35.7 Å². The Morgan fingerprint density at radius 2 is 2.17 bits per heavy atom. The predicted molar refractivity (Wildman–Crippen MR) is 68.3 cm³/mol. The molecule has 0 aliphatic carbocycles. The summed E-state index contributed by atoms with van der Waals surface area (Å²) in [4.78, 5) is 13.9. The highest BCUT2D eigenvalue weighted by Crippen LogP contribution is 2.22. The summed E-state index contributed by atoms with van der Waals surface area (Å²) >= 11 is 0. The first-order chi connectivity index (χ1) is 8.81. The summed E-state index contributed by atoms with van der Waals surface area (Å²) in [5.74, 6) is 1.02. The van der Waals surface area contributed by atoms with Crippen LogP contribution in [0.3, 0.4) is 0 Å². The standard InChI is InChI=1S/C14H19NO3/c16-9-4-3-7-14(17)15-8-10-18-13-6-2-1-5-12(13)11-15/h1-2,5-6,16H,3-4,7-11H2. The van der Waals surface area contributed by atoms with Crippen molar-refractivity contribution in [2.24, 2.45) is 0 Å². The summed E-state index contributed by atoms with van der Waals surface area (Å²) in [6, 6.07) is 7.84. The van der Waals surface area contributed by atoms with E-state index >= 15 is 0 Å². The molecule has 0 bridgehead atoms. The fourth-order valence-corrected chi connectivity index (χ4v) is 2.08. The van der Waals surface area contributed by atoms with Gasteiger partial charge in [-0.05, 0) is 18.9 Å². The lowest BCUT2D eigenvalue weighted by molar-refractivity contribution is -0.132. The van der Waals surface area contributed by atoms with Gasteiger partial charge in [-0.15, -0.1) is 0 Å². The molecular weight excluding hydrogens is 230 g/mol. The third kappa shape index (κ3) is 3.23. The summed E-state index contributed by atoms with van der Waals surface area (Å²) < 4.78 is 5.62. The molecule has 4 heteroatoms. The molecule has 2 rings (SSSR count). The number of para-hydroxylation sites is 1. The molecule has 1 heterocycles. The molecule has 4 nitrogen and oxygen atoms in total. The van der Waals surface area contributed by atoms with Gasteiger partial charge < -0.3 is 14.7 Å². The van der Waals surface area contributed by atoms with E-state index in [1.54, 1.807) is 0 Å². The summed E-state index contributed by atoms with van der Waals surface area (Å²) in [6.45, 7) is 1.95. The van der Waals surface area contributed by atoms with Crippen molar-refractivity contribution in [3.05, 3.63) is 29.8 Å². The Balaban J connectivity index is 1.97. The van der Waals surface area contributed by atoms with Crippen LogP contribution in [0.25, 0.3) is 0 Å². The fourth-order valence-electron chi connectivity index (χ4n) is 2.08. The normalized spacial score (nSPS) is 14.6. The van der Waals surface area contributed by atoms with E-state index in [2.05, 4.69) is 0 Å². The number of unbranched alkanes of at least 4 members (excludes halogenated alkanes) is 1. The van der Waals surface area contributed by atoms with E-state index < -0.39 is 0 Å². The molecule has 0 spiro atoms.